The summed E-state index contributed by atoms with van der Waals surface area (Å²) >= 11 is 0. The van der Waals surface area contributed by atoms with E-state index in [4.69, 9.17) is 0 Å². The molecule has 2 aliphatic rings. The first kappa shape index (κ1) is 12.2. The zero-order chi connectivity index (χ0) is 13.6. The van der Waals surface area contributed by atoms with Crippen molar-refractivity contribution in [2.24, 2.45) is 5.92 Å². The van der Waals surface area contributed by atoms with Crippen LogP contribution in [-0.2, 0) is 15.1 Å². The molecule has 1 saturated carbocycles. The summed E-state index contributed by atoms with van der Waals surface area (Å²) in [5.41, 5.74) is -0.118. The predicted molar refractivity (Wildman–Crippen MR) is 71.2 cm³/mol. The molecule has 4 heteroatoms. The molecule has 2 unspecified atom stereocenters. The number of benzene rings is 1. The number of amides is 2. The third kappa shape index (κ3) is 1.82. The first-order chi connectivity index (χ1) is 9.04. The Bertz CT molecular complexity index is 524. The molecule has 1 N–H and O–H groups in total. The van der Waals surface area contributed by atoms with E-state index in [0.29, 0.717) is 5.92 Å². The standard InChI is InChI=1S/C15H18N2O2/c1-15(11-6-4-3-5-7-11)14(19)17(2)12(10-8-9-10)13(18)16-15/h3-7,10,12H,8-9H2,1-2H3,(H,16,18). The van der Waals surface area contributed by atoms with Crippen LogP contribution in [0, 0.1) is 5.92 Å². The average molecular weight is 258 g/mol. The van der Waals surface area contributed by atoms with Crippen LogP contribution < -0.4 is 5.32 Å². The van der Waals surface area contributed by atoms with Gasteiger partial charge in [-0.25, -0.2) is 0 Å². The van der Waals surface area contributed by atoms with E-state index < -0.39 is 5.54 Å². The molecule has 100 valence electrons. The minimum atomic E-state index is -0.946. The molecule has 0 aromatic heterocycles. The van der Waals surface area contributed by atoms with E-state index in [-0.39, 0.29) is 17.9 Å². The summed E-state index contributed by atoms with van der Waals surface area (Å²) in [6.07, 6.45) is 2.08. The van der Waals surface area contributed by atoms with Crippen molar-refractivity contribution in [3.63, 3.8) is 0 Å². The van der Waals surface area contributed by atoms with Crippen molar-refractivity contribution in [3.8, 4) is 0 Å². The summed E-state index contributed by atoms with van der Waals surface area (Å²) in [5.74, 6) is 0.278. The van der Waals surface area contributed by atoms with Gasteiger partial charge in [0.25, 0.3) is 5.91 Å². The van der Waals surface area contributed by atoms with E-state index >= 15 is 0 Å². The molecule has 2 fully saturated rings. The Balaban J connectivity index is 1.96. The highest BCUT2D eigenvalue weighted by molar-refractivity contribution is 6.00. The zero-order valence-electron chi connectivity index (χ0n) is 11.2. The van der Waals surface area contributed by atoms with Crippen molar-refractivity contribution in [1.82, 2.24) is 10.2 Å². The zero-order valence-corrected chi connectivity index (χ0v) is 11.2. The molecule has 1 aromatic carbocycles. The van der Waals surface area contributed by atoms with E-state index in [1.165, 1.54) is 0 Å². The Kier molecular flexibility index (Phi) is 2.62. The topological polar surface area (TPSA) is 49.4 Å². The number of hydrogen-bond donors (Lipinski definition) is 1. The van der Waals surface area contributed by atoms with Crippen LogP contribution in [0.15, 0.2) is 30.3 Å². The summed E-state index contributed by atoms with van der Waals surface area (Å²) < 4.78 is 0. The van der Waals surface area contributed by atoms with Gasteiger partial charge in [0, 0.05) is 7.05 Å². The highest BCUT2D eigenvalue weighted by Gasteiger charge is 2.51. The molecular weight excluding hydrogens is 240 g/mol. The molecule has 19 heavy (non-hydrogen) atoms. The normalized spacial score (nSPS) is 31.3. The van der Waals surface area contributed by atoms with Gasteiger partial charge in [-0.1, -0.05) is 30.3 Å². The predicted octanol–water partition coefficient (Wildman–Crippen LogP) is 1.27. The monoisotopic (exact) mass is 258 g/mol. The van der Waals surface area contributed by atoms with Gasteiger partial charge in [-0.05, 0) is 31.2 Å². The lowest BCUT2D eigenvalue weighted by molar-refractivity contribution is -0.153. The first-order valence-corrected chi connectivity index (χ1v) is 6.69. The summed E-state index contributed by atoms with van der Waals surface area (Å²) in [6, 6.07) is 9.13. The lowest BCUT2D eigenvalue weighted by Crippen LogP contribution is -2.67. The molecule has 1 aromatic rings. The van der Waals surface area contributed by atoms with Crippen molar-refractivity contribution in [2.45, 2.75) is 31.3 Å². The quantitative estimate of drug-likeness (QED) is 0.868. The largest absolute Gasteiger partial charge is 0.336 e. The molecule has 0 bridgehead atoms. The summed E-state index contributed by atoms with van der Waals surface area (Å²) in [6.45, 7) is 1.78. The third-order valence-electron chi connectivity index (χ3n) is 4.23. The number of hydrogen-bond acceptors (Lipinski definition) is 2. The van der Waals surface area contributed by atoms with E-state index in [2.05, 4.69) is 5.32 Å². The van der Waals surface area contributed by atoms with Gasteiger partial charge >= 0.3 is 0 Å². The fourth-order valence-corrected chi connectivity index (χ4v) is 2.94. The van der Waals surface area contributed by atoms with Crippen molar-refractivity contribution in [1.29, 1.82) is 0 Å². The van der Waals surface area contributed by atoms with Crippen molar-refractivity contribution >= 4 is 11.8 Å². The molecule has 3 rings (SSSR count). The summed E-state index contributed by atoms with van der Waals surface area (Å²) in [4.78, 5) is 26.6. The van der Waals surface area contributed by atoms with Crippen LogP contribution in [0.4, 0.5) is 0 Å². The Labute approximate surface area is 112 Å². The lowest BCUT2D eigenvalue weighted by Gasteiger charge is -2.43. The van der Waals surface area contributed by atoms with Gasteiger partial charge in [0.15, 0.2) is 0 Å². The number of carbonyl (C=O) groups is 2. The van der Waals surface area contributed by atoms with Gasteiger partial charge in [-0.3, -0.25) is 9.59 Å². The molecule has 4 nitrogen and oxygen atoms in total. The van der Waals surface area contributed by atoms with Crippen molar-refractivity contribution < 1.29 is 9.59 Å². The van der Waals surface area contributed by atoms with Crippen molar-refractivity contribution in [3.05, 3.63) is 35.9 Å². The fraction of sp³-hybridized carbons (Fsp3) is 0.467. The fourth-order valence-electron chi connectivity index (χ4n) is 2.94. The number of piperazine rings is 1. The Morgan fingerprint density at radius 2 is 1.84 bits per heavy atom. The van der Waals surface area contributed by atoms with E-state index in [0.717, 1.165) is 18.4 Å². The maximum atomic E-state index is 12.6. The van der Waals surface area contributed by atoms with Crippen LogP contribution in [0.1, 0.15) is 25.3 Å². The van der Waals surface area contributed by atoms with Gasteiger partial charge in [-0.2, -0.15) is 0 Å². The van der Waals surface area contributed by atoms with Crippen LogP contribution in [0.2, 0.25) is 0 Å². The summed E-state index contributed by atoms with van der Waals surface area (Å²) in [7, 11) is 1.74. The summed E-state index contributed by atoms with van der Waals surface area (Å²) in [5, 5.41) is 2.93. The number of rotatable bonds is 2. The molecule has 1 saturated heterocycles. The Morgan fingerprint density at radius 3 is 2.42 bits per heavy atom. The van der Waals surface area contributed by atoms with Gasteiger partial charge in [0.2, 0.25) is 5.91 Å². The van der Waals surface area contributed by atoms with Gasteiger partial charge < -0.3 is 10.2 Å². The van der Waals surface area contributed by atoms with E-state index in [1.807, 2.05) is 30.3 Å². The molecule has 1 aliphatic heterocycles. The van der Waals surface area contributed by atoms with Gasteiger partial charge in [0.1, 0.15) is 11.6 Å². The second kappa shape index (κ2) is 4.08. The van der Waals surface area contributed by atoms with Crippen LogP contribution in [0.3, 0.4) is 0 Å². The Morgan fingerprint density at radius 1 is 1.21 bits per heavy atom. The highest BCUT2D eigenvalue weighted by atomic mass is 16.2. The first-order valence-electron chi connectivity index (χ1n) is 6.69. The van der Waals surface area contributed by atoms with Crippen LogP contribution >= 0.6 is 0 Å². The number of nitrogens with one attached hydrogen (secondary N) is 1. The van der Waals surface area contributed by atoms with Gasteiger partial charge in [0.05, 0.1) is 0 Å². The van der Waals surface area contributed by atoms with Crippen molar-refractivity contribution in [2.75, 3.05) is 7.05 Å². The molecule has 0 radical (unpaired) electrons. The van der Waals surface area contributed by atoms with E-state index in [9.17, 15) is 9.59 Å². The molecule has 2 atom stereocenters. The van der Waals surface area contributed by atoms with E-state index in [1.54, 1.807) is 18.9 Å². The molecule has 1 heterocycles. The minimum Gasteiger partial charge on any atom is -0.336 e. The van der Waals surface area contributed by atoms with Crippen LogP contribution in [-0.4, -0.2) is 29.8 Å². The number of carbonyl (C=O) groups excluding carboxylic acids is 2. The third-order valence-corrected chi connectivity index (χ3v) is 4.23. The molecular formula is C15H18N2O2. The maximum Gasteiger partial charge on any atom is 0.253 e. The van der Waals surface area contributed by atoms with Crippen LogP contribution in [0.5, 0.6) is 0 Å². The van der Waals surface area contributed by atoms with Gasteiger partial charge in [-0.15, -0.1) is 0 Å². The number of likely N-dealkylation sites (N-methyl/N-ethyl adjacent to an activating group) is 1. The SMILES string of the molecule is CN1C(=O)C(C)(c2ccccc2)NC(=O)C1C1CC1. The second-order valence-electron chi connectivity index (χ2n) is 5.68. The average Bonchev–Trinajstić information content (AvgIpc) is 3.22. The number of nitrogens with zero attached hydrogens (tertiary/aromatic N) is 1. The highest BCUT2D eigenvalue weighted by Crippen LogP contribution is 2.39. The lowest BCUT2D eigenvalue weighted by atomic mass is 9.86. The molecule has 0 spiro atoms. The maximum absolute atomic E-state index is 12.6. The minimum absolute atomic E-state index is 0.0315. The van der Waals surface area contributed by atoms with Crippen LogP contribution in [0.25, 0.3) is 0 Å². The smallest absolute Gasteiger partial charge is 0.253 e. The Hall–Kier alpha value is -1.84. The second-order valence-corrected chi connectivity index (χ2v) is 5.68. The molecule has 1 aliphatic carbocycles. The molecule has 2 amide bonds.